The maximum absolute atomic E-state index is 12.0. The number of ether oxygens (including phenoxy) is 2. The molecule has 1 aliphatic heterocycles. The zero-order valence-electron chi connectivity index (χ0n) is 12.1. The Labute approximate surface area is 124 Å². The average Bonchev–Trinajstić information content (AvgIpc) is 2.91. The zero-order chi connectivity index (χ0) is 14.7. The fourth-order valence-corrected chi connectivity index (χ4v) is 3.03. The van der Waals surface area contributed by atoms with Crippen LogP contribution in [-0.2, 0) is 4.79 Å². The highest BCUT2D eigenvalue weighted by atomic mass is 16.6. The second-order valence-corrected chi connectivity index (χ2v) is 6.05. The number of rotatable bonds is 4. The molecule has 1 amide bonds. The van der Waals surface area contributed by atoms with Crippen LogP contribution in [0.15, 0.2) is 24.3 Å². The van der Waals surface area contributed by atoms with Crippen LogP contribution in [0.2, 0.25) is 0 Å². The number of amides is 1. The summed E-state index contributed by atoms with van der Waals surface area (Å²) >= 11 is 0. The Morgan fingerprint density at radius 1 is 1.29 bits per heavy atom. The lowest BCUT2D eigenvalue weighted by Gasteiger charge is -2.27. The molecule has 5 nitrogen and oxygen atoms in total. The van der Waals surface area contributed by atoms with Gasteiger partial charge in [0.15, 0.2) is 11.5 Å². The Morgan fingerprint density at radius 3 is 2.76 bits per heavy atom. The van der Waals surface area contributed by atoms with Gasteiger partial charge in [0.2, 0.25) is 5.91 Å². The van der Waals surface area contributed by atoms with E-state index >= 15 is 0 Å². The van der Waals surface area contributed by atoms with Crippen molar-refractivity contribution in [2.24, 2.45) is 5.73 Å². The normalized spacial score (nSPS) is 22.8. The number of hydrogen-bond donors (Lipinski definition) is 2. The monoisotopic (exact) mass is 290 g/mol. The summed E-state index contributed by atoms with van der Waals surface area (Å²) in [5.74, 6) is 1.49. The third kappa shape index (κ3) is 3.47. The topological polar surface area (TPSA) is 73.6 Å². The summed E-state index contributed by atoms with van der Waals surface area (Å²) in [7, 11) is 0. The molecule has 5 heteroatoms. The van der Waals surface area contributed by atoms with Gasteiger partial charge in [-0.15, -0.1) is 0 Å². The second-order valence-electron chi connectivity index (χ2n) is 6.05. The van der Waals surface area contributed by atoms with Gasteiger partial charge in [0.1, 0.15) is 12.7 Å². The summed E-state index contributed by atoms with van der Waals surface area (Å²) in [6, 6.07) is 7.56. The number of carbonyl (C=O) groups is 1. The van der Waals surface area contributed by atoms with Crippen molar-refractivity contribution in [3.05, 3.63) is 24.3 Å². The first-order chi connectivity index (χ1) is 10.1. The summed E-state index contributed by atoms with van der Waals surface area (Å²) in [6.07, 6.45) is 4.38. The molecular weight excluding hydrogens is 268 g/mol. The molecule has 1 aromatic carbocycles. The first-order valence-corrected chi connectivity index (χ1v) is 7.59. The van der Waals surface area contributed by atoms with Crippen LogP contribution in [0.5, 0.6) is 11.5 Å². The van der Waals surface area contributed by atoms with Gasteiger partial charge >= 0.3 is 0 Å². The fourth-order valence-electron chi connectivity index (χ4n) is 3.03. The molecule has 3 rings (SSSR count). The Balaban J connectivity index is 1.47. The van der Waals surface area contributed by atoms with Gasteiger partial charge in [-0.05, 0) is 25.0 Å². The molecule has 21 heavy (non-hydrogen) atoms. The standard InChI is InChI=1S/C16H22N2O3/c17-16(7-3-4-8-16)9-15(19)18-10-12-11-20-13-5-1-2-6-14(13)21-12/h1-2,5-6,12H,3-4,7-11,17H2,(H,18,19). The van der Waals surface area contributed by atoms with E-state index in [1.165, 1.54) is 0 Å². The average molecular weight is 290 g/mol. The number of para-hydroxylation sites is 2. The fraction of sp³-hybridized carbons (Fsp3) is 0.562. The Bertz CT molecular complexity index is 512. The van der Waals surface area contributed by atoms with Crippen molar-refractivity contribution in [1.82, 2.24) is 5.32 Å². The molecule has 3 N–H and O–H groups in total. The molecule has 0 aromatic heterocycles. The van der Waals surface area contributed by atoms with E-state index in [4.69, 9.17) is 15.2 Å². The van der Waals surface area contributed by atoms with Gasteiger partial charge in [-0.3, -0.25) is 4.79 Å². The van der Waals surface area contributed by atoms with Gasteiger partial charge in [0, 0.05) is 12.0 Å². The van der Waals surface area contributed by atoms with Crippen molar-refractivity contribution in [2.75, 3.05) is 13.2 Å². The van der Waals surface area contributed by atoms with E-state index in [2.05, 4.69) is 5.32 Å². The highest BCUT2D eigenvalue weighted by molar-refractivity contribution is 5.77. The number of nitrogens with one attached hydrogen (secondary N) is 1. The molecular formula is C16H22N2O3. The highest BCUT2D eigenvalue weighted by Gasteiger charge is 2.32. The Kier molecular flexibility index (Phi) is 4.01. The number of fused-ring (bicyclic) bond motifs is 1. The predicted octanol–water partition coefficient (Wildman–Crippen LogP) is 1.60. The van der Waals surface area contributed by atoms with E-state index in [9.17, 15) is 4.79 Å². The minimum atomic E-state index is -0.305. The van der Waals surface area contributed by atoms with E-state index < -0.39 is 0 Å². The molecule has 114 valence electrons. The number of nitrogens with two attached hydrogens (primary N) is 1. The smallest absolute Gasteiger partial charge is 0.221 e. The van der Waals surface area contributed by atoms with Crippen LogP contribution in [-0.4, -0.2) is 30.7 Å². The third-order valence-corrected chi connectivity index (χ3v) is 4.21. The molecule has 1 aliphatic carbocycles. The molecule has 0 radical (unpaired) electrons. The third-order valence-electron chi connectivity index (χ3n) is 4.21. The molecule has 1 aromatic rings. The van der Waals surface area contributed by atoms with Crippen molar-refractivity contribution < 1.29 is 14.3 Å². The van der Waals surface area contributed by atoms with Crippen LogP contribution in [0, 0.1) is 0 Å². The van der Waals surface area contributed by atoms with Crippen molar-refractivity contribution in [3.8, 4) is 11.5 Å². The summed E-state index contributed by atoms with van der Waals surface area (Å²) in [5.41, 5.74) is 5.91. The molecule has 2 aliphatic rings. The van der Waals surface area contributed by atoms with Crippen LogP contribution in [0.3, 0.4) is 0 Å². The van der Waals surface area contributed by atoms with Crippen LogP contribution >= 0.6 is 0 Å². The largest absolute Gasteiger partial charge is 0.486 e. The van der Waals surface area contributed by atoms with Crippen molar-refractivity contribution in [3.63, 3.8) is 0 Å². The molecule has 0 saturated heterocycles. The van der Waals surface area contributed by atoms with E-state index in [-0.39, 0.29) is 17.6 Å². The quantitative estimate of drug-likeness (QED) is 0.883. The maximum Gasteiger partial charge on any atom is 0.221 e. The lowest BCUT2D eigenvalue weighted by atomic mass is 9.94. The van der Waals surface area contributed by atoms with Gasteiger partial charge in [-0.25, -0.2) is 0 Å². The molecule has 0 spiro atoms. The van der Waals surface area contributed by atoms with Gasteiger partial charge in [-0.1, -0.05) is 25.0 Å². The van der Waals surface area contributed by atoms with Gasteiger partial charge in [0.25, 0.3) is 0 Å². The maximum atomic E-state index is 12.0. The van der Waals surface area contributed by atoms with E-state index in [1.54, 1.807) is 0 Å². The molecule has 0 bridgehead atoms. The summed E-state index contributed by atoms with van der Waals surface area (Å²) in [6.45, 7) is 0.897. The number of benzene rings is 1. The predicted molar refractivity (Wildman–Crippen MR) is 79.4 cm³/mol. The zero-order valence-corrected chi connectivity index (χ0v) is 12.1. The van der Waals surface area contributed by atoms with Crippen LogP contribution in [0.4, 0.5) is 0 Å². The van der Waals surface area contributed by atoms with Gasteiger partial charge in [-0.2, -0.15) is 0 Å². The Hall–Kier alpha value is -1.75. The lowest BCUT2D eigenvalue weighted by molar-refractivity contribution is -0.122. The van der Waals surface area contributed by atoms with Crippen LogP contribution in [0.25, 0.3) is 0 Å². The summed E-state index contributed by atoms with van der Waals surface area (Å²) in [5, 5.41) is 2.91. The van der Waals surface area contributed by atoms with Crippen molar-refractivity contribution in [2.45, 2.75) is 43.7 Å². The Morgan fingerprint density at radius 2 is 2.00 bits per heavy atom. The molecule has 1 unspecified atom stereocenters. The SMILES string of the molecule is NC1(CC(=O)NCC2COc3ccccc3O2)CCCC1. The number of carbonyl (C=O) groups excluding carboxylic acids is 1. The van der Waals surface area contributed by atoms with Gasteiger partial charge < -0.3 is 20.5 Å². The van der Waals surface area contributed by atoms with E-state index in [1.807, 2.05) is 24.3 Å². The van der Waals surface area contributed by atoms with E-state index in [0.717, 1.165) is 37.2 Å². The number of hydrogen-bond acceptors (Lipinski definition) is 4. The van der Waals surface area contributed by atoms with Crippen LogP contribution < -0.4 is 20.5 Å². The minimum Gasteiger partial charge on any atom is -0.486 e. The molecule has 1 fully saturated rings. The first-order valence-electron chi connectivity index (χ1n) is 7.59. The summed E-state index contributed by atoms with van der Waals surface area (Å²) < 4.78 is 11.4. The van der Waals surface area contributed by atoms with E-state index in [0.29, 0.717) is 19.6 Å². The van der Waals surface area contributed by atoms with Crippen LogP contribution in [0.1, 0.15) is 32.1 Å². The van der Waals surface area contributed by atoms with Crippen molar-refractivity contribution in [1.29, 1.82) is 0 Å². The van der Waals surface area contributed by atoms with Gasteiger partial charge in [0.05, 0.1) is 6.54 Å². The summed E-state index contributed by atoms with van der Waals surface area (Å²) in [4.78, 5) is 12.0. The molecule has 1 atom stereocenters. The molecule has 1 heterocycles. The molecule has 1 saturated carbocycles. The first kappa shape index (κ1) is 14.2. The highest BCUT2D eigenvalue weighted by Crippen LogP contribution is 2.31. The second kappa shape index (κ2) is 5.93. The minimum absolute atomic E-state index is 0.00172. The lowest BCUT2D eigenvalue weighted by Crippen LogP contribution is -2.45. The van der Waals surface area contributed by atoms with Crippen molar-refractivity contribution >= 4 is 5.91 Å².